The van der Waals surface area contributed by atoms with E-state index in [1.807, 2.05) is 6.92 Å². The zero-order chi connectivity index (χ0) is 14.4. The molecule has 0 saturated heterocycles. The van der Waals surface area contributed by atoms with Crippen molar-refractivity contribution in [3.63, 3.8) is 0 Å². The molecule has 0 amide bonds. The maximum Gasteiger partial charge on any atom is 0.308 e. The SMILES string of the molecule is CCOc1cncc(NC2CCC(C(=O)OC)CC2)n1. The smallest absolute Gasteiger partial charge is 0.308 e. The lowest BCUT2D eigenvalue weighted by Crippen LogP contribution is -2.30. The van der Waals surface area contributed by atoms with Gasteiger partial charge in [-0.2, -0.15) is 4.98 Å². The van der Waals surface area contributed by atoms with Gasteiger partial charge in [-0.05, 0) is 32.6 Å². The van der Waals surface area contributed by atoms with Crippen LogP contribution >= 0.6 is 0 Å². The second kappa shape index (κ2) is 7.07. The Labute approximate surface area is 118 Å². The van der Waals surface area contributed by atoms with Gasteiger partial charge in [-0.3, -0.25) is 9.78 Å². The van der Waals surface area contributed by atoms with Crippen LogP contribution in [0.1, 0.15) is 32.6 Å². The molecule has 1 N–H and O–H groups in total. The molecule has 0 bridgehead atoms. The number of rotatable bonds is 5. The summed E-state index contributed by atoms with van der Waals surface area (Å²) in [5.74, 6) is 1.19. The van der Waals surface area contributed by atoms with Gasteiger partial charge < -0.3 is 14.8 Å². The average Bonchev–Trinajstić information content (AvgIpc) is 2.48. The molecule has 1 heterocycles. The second-order valence-corrected chi connectivity index (χ2v) is 4.89. The number of aromatic nitrogens is 2. The van der Waals surface area contributed by atoms with E-state index >= 15 is 0 Å². The van der Waals surface area contributed by atoms with Gasteiger partial charge in [-0.25, -0.2) is 0 Å². The van der Waals surface area contributed by atoms with Crippen LogP contribution < -0.4 is 10.1 Å². The zero-order valence-corrected chi connectivity index (χ0v) is 12.0. The van der Waals surface area contributed by atoms with Gasteiger partial charge in [0.15, 0.2) is 0 Å². The number of carbonyl (C=O) groups is 1. The van der Waals surface area contributed by atoms with Crippen LogP contribution in [0.3, 0.4) is 0 Å². The van der Waals surface area contributed by atoms with Gasteiger partial charge in [-0.15, -0.1) is 0 Å². The molecule has 1 aliphatic carbocycles. The summed E-state index contributed by atoms with van der Waals surface area (Å²) in [5.41, 5.74) is 0. The standard InChI is InChI=1S/C14H21N3O3/c1-3-20-13-9-15-8-12(17-13)16-11-6-4-10(5-7-11)14(18)19-2/h8-11H,3-7H2,1-2H3,(H,16,17). The Morgan fingerprint density at radius 2 is 2.10 bits per heavy atom. The predicted molar refractivity (Wildman–Crippen MR) is 74.6 cm³/mol. The first-order valence-electron chi connectivity index (χ1n) is 7.02. The molecule has 1 aromatic heterocycles. The van der Waals surface area contributed by atoms with E-state index in [1.54, 1.807) is 12.4 Å². The number of hydrogen-bond donors (Lipinski definition) is 1. The number of nitrogens with zero attached hydrogens (tertiary/aromatic N) is 2. The molecule has 0 aromatic carbocycles. The van der Waals surface area contributed by atoms with E-state index in [0.29, 0.717) is 18.5 Å². The number of anilines is 1. The van der Waals surface area contributed by atoms with E-state index in [-0.39, 0.29) is 11.9 Å². The number of esters is 1. The maximum atomic E-state index is 11.5. The van der Waals surface area contributed by atoms with Crippen LogP contribution in [0.2, 0.25) is 0 Å². The third kappa shape index (κ3) is 3.82. The Hall–Kier alpha value is -1.85. The molecule has 6 nitrogen and oxygen atoms in total. The van der Waals surface area contributed by atoms with Crippen molar-refractivity contribution in [2.24, 2.45) is 5.92 Å². The summed E-state index contributed by atoms with van der Waals surface area (Å²) < 4.78 is 10.1. The molecule has 110 valence electrons. The molecule has 0 radical (unpaired) electrons. The van der Waals surface area contributed by atoms with Crippen molar-refractivity contribution in [1.82, 2.24) is 9.97 Å². The van der Waals surface area contributed by atoms with Crippen molar-refractivity contribution in [1.29, 1.82) is 0 Å². The molecule has 6 heteroatoms. The molecule has 1 saturated carbocycles. The number of nitrogens with one attached hydrogen (secondary N) is 1. The fraction of sp³-hybridized carbons (Fsp3) is 0.643. The Morgan fingerprint density at radius 1 is 1.35 bits per heavy atom. The van der Waals surface area contributed by atoms with E-state index in [4.69, 9.17) is 9.47 Å². The minimum absolute atomic E-state index is 0.0406. The molecule has 0 atom stereocenters. The Balaban J connectivity index is 1.86. The fourth-order valence-electron chi connectivity index (χ4n) is 2.48. The lowest BCUT2D eigenvalue weighted by atomic mass is 9.86. The summed E-state index contributed by atoms with van der Waals surface area (Å²) in [5, 5.41) is 3.35. The molecular weight excluding hydrogens is 258 g/mol. The minimum Gasteiger partial charge on any atom is -0.477 e. The second-order valence-electron chi connectivity index (χ2n) is 4.89. The van der Waals surface area contributed by atoms with E-state index in [0.717, 1.165) is 31.5 Å². The van der Waals surface area contributed by atoms with Crippen LogP contribution in [0.5, 0.6) is 5.88 Å². The van der Waals surface area contributed by atoms with Gasteiger partial charge in [0.25, 0.3) is 0 Å². The number of hydrogen-bond acceptors (Lipinski definition) is 6. The summed E-state index contributed by atoms with van der Waals surface area (Å²) in [4.78, 5) is 19.9. The Bertz CT molecular complexity index is 445. The lowest BCUT2D eigenvalue weighted by Gasteiger charge is -2.27. The third-order valence-electron chi connectivity index (χ3n) is 3.52. The quantitative estimate of drug-likeness (QED) is 0.831. The predicted octanol–water partition coefficient (Wildman–Crippen LogP) is 2.02. The Morgan fingerprint density at radius 3 is 2.75 bits per heavy atom. The summed E-state index contributed by atoms with van der Waals surface area (Å²) in [6.45, 7) is 2.48. The molecular formula is C14H21N3O3. The summed E-state index contributed by atoms with van der Waals surface area (Å²) >= 11 is 0. The van der Waals surface area contributed by atoms with Gasteiger partial charge in [0, 0.05) is 6.04 Å². The molecule has 2 rings (SSSR count). The average molecular weight is 279 g/mol. The zero-order valence-electron chi connectivity index (χ0n) is 12.0. The van der Waals surface area contributed by atoms with Crippen molar-refractivity contribution in [2.45, 2.75) is 38.6 Å². The number of ether oxygens (including phenoxy) is 2. The molecule has 1 aromatic rings. The third-order valence-corrected chi connectivity index (χ3v) is 3.52. The first-order valence-corrected chi connectivity index (χ1v) is 7.02. The number of methoxy groups -OCH3 is 1. The van der Waals surface area contributed by atoms with Gasteiger partial charge in [0.2, 0.25) is 5.88 Å². The van der Waals surface area contributed by atoms with E-state index < -0.39 is 0 Å². The molecule has 1 aliphatic rings. The highest BCUT2D eigenvalue weighted by atomic mass is 16.5. The largest absolute Gasteiger partial charge is 0.477 e. The van der Waals surface area contributed by atoms with Crippen LogP contribution in [0.4, 0.5) is 5.82 Å². The van der Waals surface area contributed by atoms with Gasteiger partial charge in [-0.1, -0.05) is 0 Å². The van der Waals surface area contributed by atoms with Crippen LogP contribution in [0.25, 0.3) is 0 Å². The fourth-order valence-corrected chi connectivity index (χ4v) is 2.48. The summed E-state index contributed by atoms with van der Waals surface area (Å²) in [7, 11) is 1.45. The summed E-state index contributed by atoms with van der Waals surface area (Å²) in [6.07, 6.45) is 6.85. The topological polar surface area (TPSA) is 73.3 Å². The molecule has 20 heavy (non-hydrogen) atoms. The molecule has 0 unspecified atom stereocenters. The van der Waals surface area contributed by atoms with Crippen molar-refractivity contribution >= 4 is 11.8 Å². The lowest BCUT2D eigenvalue weighted by molar-refractivity contribution is -0.146. The van der Waals surface area contributed by atoms with Gasteiger partial charge in [0.1, 0.15) is 5.82 Å². The first kappa shape index (κ1) is 14.6. The van der Waals surface area contributed by atoms with Crippen LogP contribution in [0, 0.1) is 5.92 Å². The van der Waals surface area contributed by atoms with Crippen LogP contribution in [-0.4, -0.2) is 35.7 Å². The highest BCUT2D eigenvalue weighted by Gasteiger charge is 2.26. The molecule has 0 spiro atoms. The van der Waals surface area contributed by atoms with Crippen LogP contribution in [0.15, 0.2) is 12.4 Å². The highest BCUT2D eigenvalue weighted by molar-refractivity contribution is 5.72. The first-order chi connectivity index (χ1) is 9.72. The molecule has 1 fully saturated rings. The van der Waals surface area contributed by atoms with E-state index in [1.165, 1.54) is 7.11 Å². The van der Waals surface area contributed by atoms with Gasteiger partial charge >= 0.3 is 5.97 Å². The maximum absolute atomic E-state index is 11.5. The number of carbonyl (C=O) groups excluding carboxylic acids is 1. The van der Waals surface area contributed by atoms with Crippen LogP contribution in [-0.2, 0) is 9.53 Å². The highest BCUT2D eigenvalue weighted by Crippen LogP contribution is 2.27. The monoisotopic (exact) mass is 279 g/mol. The van der Waals surface area contributed by atoms with E-state index in [2.05, 4.69) is 15.3 Å². The minimum atomic E-state index is -0.0958. The normalized spacial score (nSPS) is 22.1. The van der Waals surface area contributed by atoms with Crippen molar-refractivity contribution in [2.75, 3.05) is 19.0 Å². The van der Waals surface area contributed by atoms with Gasteiger partial charge in [0.05, 0.1) is 32.0 Å². The van der Waals surface area contributed by atoms with Crippen molar-refractivity contribution in [3.05, 3.63) is 12.4 Å². The van der Waals surface area contributed by atoms with Crippen molar-refractivity contribution < 1.29 is 14.3 Å². The van der Waals surface area contributed by atoms with Crippen molar-refractivity contribution in [3.8, 4) is 5.88 Å². The summed E-state index contributed by atoms with van der Waals surface area (Å²) in [6, 6.07) is 0.321. The Kier molecular flexibility index (Phi) is 5.15. The molecule has 0 aliphatic heterocycles. The van der Waals surface area contributed by atoms with E-state index in [9.17, 15) is 4.79 Å².